The van der Waals surface area contributed by atoms with Gasteiger partial charge < -0.3 is 9.47 Å². The fourth-order valence-corrected chi connectivity index (χ4v) is 4.00. The highest BCUT2D eigenvalue weighted by molar-refractivity contribution is 7.15. The van der Waals surface area contributed by atoms with Crippen LogP contribution < -0.4 is 9.47 Å². The maximum absolute atomic E-state index is 12.0. The Morgan fingerprint density at radius 1 is 1.15 bits per heavy atom. The number of nitrogens with zero attached hydrogens (tertiary/aromatic N) is 2. The molecule has 0 radical (unpaired) electrons. The molecule has 2 heterocycles. The van der Waals surface area contributed by atoms with E-state index in [1.807, 2.05) is 65.2 Å². The van der Waals surface area contributed by atoms with Crippen molar-refractivity contribution >= 4 is 22.6 Å². The molecular formula is C21H18N2O3S. The molecule has 0 atom stereocenters. The molecule has 4 aromatic rings. The van der Waals surface area contributed by atoms with E-state index >= 15 is 0 Å². The number of hydrogen-bond acceptors (Lipinski definition) is 5. The minimum Gasteiger partial charge on any atom is -0.497 e. The summed E-state index contributed by atoms with van der Waals surface area (Å²) in [5.41, 5.74) is 3.89. The van der Waals surface area contributed by atoms with Crippen LogP contribution in [0.15, 0.2) is 53.9 Å². The number of hydrogen-bond donors (Lipinski definition) is 0. The van der Waals surface area contributed by atoms with Crippen molar-refractivity contribution in [3.05, 3.63) is 59.6 Å². The van der Waals surface area contributed by atoms with Crippen molar-refractivity contribution < 1.29 is 14.3 Å². The lowest BCUT2D eigenvalue weighted by atomic mass is 10.1. The highest BCUT2D eigenvalue weighted by Gasteiger charge is 2.20. The Balaban J connectivity index is 1.90. The molecule has 0 saturated heterocycles. The van der Waals surface area contributed by atoms with Crippen LogP contribution in [0.3, 0.4) is 0 Å². The number of thiazole rings is 1. The number of ether oxygens (including phenoxy) is 2. The van der Waals surface area contributed by atoms with E-state index < -0.39 is 0 Å². The number of aldehydes is 1. The van der Waals surface area contributed by atoms with Crippen LogP contribution in [-0.4, -0.2) is 29.4 Å². The van der Waals surface area contributed by atoms with Gasteiger partial charge in [0.2, 0.25) is 0 Å². The first kappa shape index (κ1) is 17.3. The third-order valence-corrected chi connectivity index (χ3v) is 5.16. The van der Waals surface area contributed by atoms with Crippen molar-refractivity contribution in [2.75, 3.05) is 13.7 Å². The van der Waals surface area contributed by atoms with E-state index in [0.717, 1.165) is 39.6 Å². The van der Waals surface area contributed by atoms with E-state index in [0.29, 0.717) is 18.0 Å². The first-order valence-electron chi connectivity index (χ1n) is 8.58. The average molecular weight is 378 g/mol. The van der Waals surface area contributed by atoms with Gasteiger partial charge in [0.1, 0.15) is 22.9 Å². The van der Waals surface area contributed by atoms with Crippen molar-refractivity contribution in [3.63, 3.8) is 0 Å². The van der Waals surface area contributed by atoms with Crippen LogP contribution in [0.5, 0.6) is 11.5 Å². The lowest BCUT2D eigenvalue weighted by Gasteiger charge is -2.09. The Kier molecular flexibility index (Phi) is 4.64. The Morgan fingerprint density at radius 3 is 2.63 bits per heavy atom. The molecule has 4 rings (SSSR count). The molecule has 0 N–H and O–H groups in total. The number of rotatable bonds is 6. The zero-order valence-electron chi connectivity index (χ0n) is 15.0. The van der Waals surface area contributed by atoms with Crippen LogP contribution in [0, 0.1) is 0 Å². The van der Waals surface area contributed by atoms with Gasteiger partial charge in [-0.15, -0.1) is 11.3 Å². The van der Waals surface area contributed by atoms with Crippen molar-refractivity contribution in [2.24, 2.45) is 0 Å². The third kappa shape index (κ3) is 2.98. The molecule has 5 nitrogen and oxygen atoms in total. The van der Waals surface area contributed by atoms with Crippen LogP contribution in [0.4, 0.5) is 0 Å². The topological polar surface area (TPSA) is 52.8 Å². The monoisotopic (exact) mass is 378 g/mol. The van der Waals surface area contributed by atoms with Crippen LogP contribution in [-0.2, 0) is 0 Å². The molecule has 0 aliphatic rings. The number of para-hydroxylation sites is 1. The van der Waals surface area contributed by atoms with Crippen molar-refractivity contribution in [2.45, 2.75) is 6.92 Å². The van der Waals surface area contributed by atoms with E-state index in [2.05, 4.69) is 0 Å². The smallest absolute Gasteiger partial charge is 0.195 e. The molecule has 0 unspecified atom stereocenters. The van der Waals surface area contributed by atoms with Gasteiger partial charge in [-0.25, -0.2) is 4.98 Å². The molecule has 0 saturated carbocycles. The summed E-state index contributed by atoms with van der Waals surface area (Å²) < 4.78 is 12.9. The highest BCUT2D eigenvalue weighted by atomic mass is 32.1. The van der Waals surface area contributed by atoms with Gasteiger partial charge in [0, 0.05) is 10.9 Å². The summed E-state index contributed by atoms with van der Waals surface area (Å²) in [5, 5.41) is 2.01. The number of methoxy groups -OCH3 is 1. The SMILES string of the molecule is CCOc1ccccc1-c1nc2scc(-c3ccc(OC)cc3)n2c1C=O. The minimum atomic E-state index is 0.518. The first-order chi connectivity index (χ1) is 13.3. The Hall–Kier alpha value is -3.12. The number of carbonyl (C=O) groups is 1. The van der Waals surface area contributed by atoms with Crippen LogP contribution >= 0.6 is 11.3 Å². The molecule has 2 aromatic carbocycles. The summed E-state index contributed by atoms with van der Waals surface area (Å²) in [4.78, 5) is 17.5. The van der Waals surface area contributed by atoms with Gasteiger partial charge in [0.05, 0.1) is 19.4 Å². The molecule has 0 aliphatic heterocycles. The summed E-state index contributed by atoms with van der Waals surface area (Å²) in [6.07, 6.45) is 0.859. The van der Waals surface area contributed by atoms with Gasteiger partial charge in [0.15, 0.2) is 11.2 Å². The lowest BCUT2D eigenvalue weighted by Crippen LogP contribution is -1.97. The second-order valence-electron chi connectivity index (χ2n) is 5.86. The van der Waals surface area contributed by atoms with Crippen molar-refractivity contribution in [1.29, 1.82) is 0 Å². The predicted molar refractivity (Wildman–Crippen MR) is 107 cm³/mol. The first-order valence-corrected chi connectivity index (χ1v) is 9.46. The maximum Gasteiger partial charge on any atom is 0.195 e. The molecule has 0 bridgehead atoms. The summed E-state index contributed by atoms with van der Waals surface area (Å²) in [6, 6.07) is 15.4. The number of fused-ring (bicyclic) bond motifs is 1. The number of benzene rings is 2. The van der Waals surface area contributed by atoms with Gasteiger partial charge in [-0.05, 0) is 48.9 Å². The Morgan fingerprint density at radius 2 is 1.93 bits per heavy atom. The van der Waals surface area contributed by atoms with Crippen LogP contribution in [0.2, 0.25) is 0 Å². The van der Waals surface area contributed by atoms with Gasteiger partial charge in [-0.3, -0.25) is 9.20 Å². The molecule has 0 spiro atoms. The summed E-state index contributed by atoms with van der Waals surface area (Å²) in [5.74, 6) is 1.51. The van der Waals surface area contributed by atoms with Crippen LogP contribution in [0.25, 0.3) is 27.5 Å². The summed E-state index contributed by atoms with van der Waals surface area (Å²) >= 11 is 1.50. The maximum atomic E-state index is 12.0. The molecule has 6 heteroatoms. The number of carbonyl (C=O) groups excluding carboxylic acids is 1. The minimum absolute atomic E-state index is 0.518. The van der Waals surface area contributed by atoms with E-state index in [-0.39, 0.29) is 0 Å². The molecule has 0 amide bonds. The van der Waals surface area contributed by atoms with Gasteiger partial charge >= 0.3 is 0 Å². The highest BCUT2D eigenvalue weighted by Crippen LogP contribution is 2.36. The Labute approximate surface area is 160 Å². The molecule has 136 valence electrons. The molecule has 27 heavy (non-hydrogen) atoms. The lowest BCUT2D eigenvalue weighted by molar-refractivity contribution is 0.111. The molecule has 2 aromatic heterocycles. The van der Waals surface area contributed by atoms with Crippen LogP contribution in [0.1, 0.15) is 17.4 Å². The van der Waals surface area contributed by atoms with Gasteiger partial charge in [-0.1, -0.05) is 12.1 Å². The van der Waals surface area contributed by atoms with Gasteiger partial charge in [-0.2, -0.15) is 0 Å². The second kappa shape index (κ2) is 7.25. The largest absolute Gasteiger partial charge is 0.497 e. The van der Waals surface area contributed by atoms with E-state index in [1.165, 1.54) is 11.3 Å². The number of imidazole rings is 1. The van der Waals surface area contributed by atoms with E-state index in [1.54, 1.807) is 7.11 Å². The fourth-order valence-electron chi connectivity index (χ4n) is 3.09. The average Bonchev–Trinajstić information content (AvgIpc) is 3.28. The quantitative estimate of drug-likeness (QED) is 0.446. The van der Waals surface area contributed by atoms with E-state index in [9.17, 15) is 4.79 Å². The zero-order chi connectivity index (χ0) is 18.8. The molecule has 0 aliphatic carbocycles. The summed E-state index contributed by atoms with van der Waals surface area (Å²) in [6.45, 7) is 2.48. The zero-order valence-corrected chi connectivity index (χ0v) is 15.8. The number of aromatic nitrogens is 2. The summed E-state index contributed by atoms with van der Waals surface area (Å²) in [7, 11) is 1.64. The fraction of sp³-hybridized carbons (Fsp3) is 0.143. The third-order valence-electron chi connectivity index (χ3n) is 4.34. The van der Waals surface area contributed by atoms with Gasteiger partial charge in [0.25, 0.3) is 0 Å². The Bertz CT molecular complexity index is 1100. The van der Waals surface area contributed by atoms with Crippen molar-refractivity contribution in [1.82, 2.24) is 9.38 Å². The predicted octanol–water partition coefficient (Wildman–Crippen LogP) is 4.95. The normalized spacial score (nSPS) is 10.9. The second-order valence-corrected chi connectivity index (χ2v) is 6.70. The van der Waals surface area contributed by atoms with Crippen molar-refractivity contribution in [3.8, 4) is 34.0 Å². The van der Waals surface area contributed by atoms with E-state index in [4.69, 9.17) is 14.5 Å². The standard InChI is InChI=1S/C21H18N2O3S/c1-3-26-19-7-5-4-6-16(19)20-17(12-24)23-18(13-27-21(23)22-20)14-8-10-15(25-2)11-9-14/h4-13H,3H2,1-2H3. The molecular weight excluding hydrogens is 360 g/mol. The molecule has 0 fully saturated rings.